The summed E-state index contributed by atoms with van der Waals surface area (Å²) in [6.07, 6.45) is -0.821. The van der Waals surface area contributed by atoms with Crippen molar-refractivity contribution in [1.29, 1.82) is 0 Å². The molecule has 0 amide bonds. The van der Waals surface area contributed by atoms with Crippen LogP contribution in [0.1, 0.15) is 23.8 Å². The van der Waals surface area contributed by atoms with Crippen molar-refractivity contribution in [3.63, 3.8) is 0 Å². The monoisotopic (exact) mass is 205 g/mol. The van der Waals surface area contributed by atoms with Crippen molar-refractivity contribution in [2.45, 2.75) is 19.5 Å². The van der Waals surface area contributed by atoms with Crippen LogP contribution >= 0.6 is 11.6 Å². The Morgan fingerprint density at radius 1 is 1.69 bits per heavy atom. The van der Waals surface area contributed by atoms with Crippen LogP contribution in [0, 0.1) is 6.92 Å². The maximum atomic E-state index is 13.5. The van der Waals surface area contributed by atoms with E-state index in [0.29, 0.717) is 23.0 Å². The molecule has 2 N–H and O–H groups in total. The van der Waals surface area contributed by atoms with E-state index in [4.69, 9.17) is 17.3 Å². The van der Waals surface area contributed by atoms with Crippen LogP contribution in [-0.2, 0) is 7.05 Å². The molecule has 0 aliphatic rings. The first kappa shape index (κ1) is 10.5. The van der Waals surface area contributed by atoms with E-state index in [1.165, 1.54) is 4.68 Å². The summed E-state index contributed by atoms with van der Waals surface area (Å²) in [6, 6.07) is 0. The number of hydrogen-bond donors (Lipinski definition) is 1. The lowest BCUT2D eigenvalue weighted by molar-refractivity contribution is 0.326. The summed E-state index contributed by atoms with van der Waals surface area (Å²) < 4.78 is 14.9. The van der Waals surface area contributed by atoms with Crippen LogP contribution < -0.4 is 5.73 Å². The Labute approximate surface area is 81.7 Å². The van der Waals surface area contributed by atoms with Gasteiger partial charge in [-0.1, -0.05) is 11.6 Å². The molecule has 1 heterocycles. The third kappa shape index (κ3) is 2.00. The predicted molar refractivity (Wildman–Crippen MR) is 50.5 cm³/mol. The number of halogens is 2. The lowest BCUT2D eigenvalue weighted by Crippen LogP contribution is -2.04. The van der Waals surface area contributed by atoms with Crippen LogP contribution in [0.2, 0.25) is 5.15 Å². The number of nitrogens with two attached hydrogens (primary N) is 1. The highest BCUT2D eigenvalue weighted by Crippen LogP contribution is 2.30. The molecule has 1 unspecified atom stereocenters. The van der Waals surface area contributed by atoms with E-state index < -0.39 is 6.17 Å². The summed E-state index contributed by atoms with van der Waals surface area (Å²) in [7, 11) is 1.69. The second-order valence-electron chi connectivity index (χ2n) is 2.96. The van der Waals surface area contributed by atoms with E-state index in [1.54, 1.807) is 14.0 Å². The molecule has 0 fully saturated rings. The second-order valence-corrected chi connectivity index (χ2v) is 3.32. The normalized spacial score (nSPS) is 13.3. The van der Waals surface area contributed by atoms with Gasteiger partial charge in [0.15, 0.2) is 0 Å². The highest BCUT2D eigenvalue weighted by Gasteiger charge is 2.19. The number of aromatic nitrogens is 2. The number of hydrogen-bond acceptors (Lipinski definition) is 2. The third-order valence-corrected chi connectivity index (χ3v) is 2.38. The molecule has 5 heteroatoms. The molecule has 1 aromatic heterocycles. The predicted octanol–water partition coefficient (Wildman–Crippen LogP) is 1.74. The Bertz CT molecular complexity index is 298. The van der Waals surface area contributed by atoms with Crippen molar-refractivity contribution in [3.05, 3.63) is 16.4 Å². The minimum atomic E-state index is -1.11. The Morgan fingerprint density at radius 2 is 2.31 bits per heavy atom. The van der Waals surface area contributed by atoms with Crippen molar-refractivity contribution < 1.29 is 4.39 Å². The van der Waals surface area contributed by atoms with Gasteiger partial charge in [-0.2, -0.15) is 5.10 Å². The van der Waals surface area contributed by atoms with Gasteiger partial charge in [0.25, 0.3) is 0 Å². The first-order valence-electron chi connectivity index (χ1n) is 4.11. The maximum absolute atomic E-state index is 13.5. The maximum Gasteiger partial charge on any atom is 0.133 e. The van der Waals surface area contributed by atoms with Crippen LogP contribution in [0.4, 0.5) is 4.39 Å². The first-order valence-corrected chi connectivity index (χ1v) is 4.48. The van der Waals surface area contributed by atoms with Gasteiger partial charge in [-0.05, 0) is 19.9 Å². The van der Waals surface area contributed by atoms with E-state index in [0.717, 1.165) is 0 Å². The minimum absolute atomic E-state index is 0.284. The van der Waals surface area contributed by atoms with Crippen LogP contribution in [-0.4, -0.2) is 16.3 Å². The van der Waals surface area contributed by atoms with Gasteiger partial charge in [-0.15, -0.1) is 0 Å². The molecular weight excluding hydrogens is 193 g/mol. The van der Waals surface area contributed by atoms with E-state index >= 15 is 0 Å². The van der Waals surface area contributed by atoms with Crippen molar-refractivity contribution in [2.75, 3.05) is 6.54 Å². The van der Waals surface area contributed by atoms with E-state index in [9.17, 15) is 4.39 Å². The van der Waals surface area contributed by atoms with Gasteiger partial charge in [0, 0.05) is 12.6 Å². The molecule has 1 aromatic rings. The van der Waals surface area contributed by atoms with Gasteiger partial charge >= 0.3 is 0 Å². The van der Waals surface area contributed by atoms with Crippen molar-refractivity contribution in [2.24, 2.45) is 12.8 Å². The Hall–Kier alpha value is -0.610. The Kier molecular flexibility index (Phi) is 3.27. The lowest BCUT2D eigenvalue weighted by atomic mass is 10.1. The standard InChI is InChI=1S/C8H13ClFN3/c1-5-7(6(10)3-4-11)8(9)13(2)12-5/h6H,3-4,11H2,1-2H3. The highest BCUT2D eigenvalue weighted by atomic mass is 35.5. The third-order valence-electron chi connectivity index (χ3n) is 1.93. The molecule has 0 saturated heterocycles. The van der Waals surface area contributed by atoms with Gasteiger partial charge in [0.1, 0.15) is 11.3 Å². The van der Waals surface area contributed by atoms with Gasteiger partial charge in [0.2, 0.25) is 0 Å². The van der Waals surface area contributed by atoms with Gasteiger partial charge in [-0.3, -0.25) is 4.68 Å². The molecule has 0 aliphatic carbocycles. The fourth-order valence-electron chi connectivity index (χ4n) is 1.29. The molecule has 0 aromatic carbocycles. The van der Waals surface area contributed by atoms with E-state index in [-0.39, 0.29) is 6.42 Å². The van der Waals surface area contributed by atoms with E-state index in [2.05, 4.69) is 5.10 Å². The molecule has 74 valence electrons. The van der Waals surface area contributed by atoms with Gasteiger partial charge in [0.05, 0.1) is 5.69 Å². The summed E-state index contributed by atoms with van der Waals surface area (Å²) in [5, 5.41) is 4.38. The Morgan fingerprint density at radius 3 is 2.69 bits per heavy atom. The quantitative estimate of drug-likeness (QED) is 0.817. The topological polar surface area (TPSA) is 43.8 Å². The summed E-state index contributed by atoms with van der Waals surface area (Å²) in [4.78, 5) is 0. The largest absolute Gasteiger partial charge is 0.330 e. The average Bonchev–Trinajstić information content (AvgIpc) is 2.27. The van der Waals surface area contributed by atoms with Crippen LogP contribution in [0.15, 0.2) is 0 Å². The second kappa shape index (κ2) is 4.07. The molecular formula is C8H13ClFN3. The van der Waals surface area contributed by atoms with Crippen LogP contribution in [0.25, 0.3) is 0 Å². The SMILES string of the molecule is Cc1nn(C)c(Cl)c1C(F)CCN. The molecule has 0 aliphatic heterocycles. The number of aryl methyl sites for hydroxylation is 2. The first-order chi connectivity index (χ1) is 6.07. The van der Waals surface area contributed by atoms with Crippen molar-refractivity contribution in [1.82, 2.24) is 9.78 Å². The molecule has 1 atom stereocenters. The molecule has 1 rings (SSSR count). The number of nitrogens with zero attached hydrogens (tertiary/aromatic N) is 2. The van der Waals surface area contributed by atoms with Crippen LogP contribution in [0.3, 0.4) is 0 Å². The zero-order valence-electron chi connectivity index (χ0n) is 7.72. The van der Waals surface area contributed by atoms with Gasteiger partial charge in [-0.25, -0.2) is 4.39 Å². The lowest BCUT2D eigenvalue weighted by Gasteiger charge is -2.05. The van der Waals surface area contributed by atoms with E-state index in [1.807, 2.05) is 0 Å². The molecule has 0 spiro atoms. The fourth-order valence-corrected chi connectivity index (χ4v) is 1.59. The Balaban J connectivity index is 2.98. The molecule has 0 saturated carbocycles. The molecule has 0 bridgehead atoms. The van der Waals surface area contributed by atoms with Crippen molar-refractivity contribution in [3.8, 4) is 0 Å². The summed E-state index contributed by atoms with van der Waals surface area (Å²) >= 11 is 5.86. The minimum Gasteiger partial charge on any atom is -0.330 e. The number of alkyl halides is 1. The fraction of sp³-hybridized carbons (Fsp3) is 0.625. The smallest absolute Gasteiger partial charge is 0.133 e. The summed E-state index contributed by atoms with van der Waals surface area (Å²) in [5.74, 6) is 0. The van der Waals surface area contributed by atoms with Crippen LogP contribution in [0.5, 0.6) is 0 Å². The summed E-state index contributed by atoms with van der Waals surface area (Å²) in [6.45, 7) is 2.05. The zero-order valence-corrected chi connectivity index (χ0v) is 8.48. The zero-order chi connectivity index (χ0) is 10.0. The van der Waals surface area contributed by atoms with Gasteiger partial charge < -0.3 is 5.73 Å². The van der Waals surface area contributed by atoms with Crippen molar-refractivity contribution >= 4 is 11.6 Å². The average molecular weight is 206 g/mol. The molecule has 0 radical (unpaired) electrons. The molecule has 3 nitrogen and oxygen atoms in total. The summed E-state index contributed by atoms with van der Waals surface area (Å²) in [5.41, 5.74) is 6.36. The highest BCUT2D eigenvalue weighted by molar-refractivity contribution is 6.30. The number of rotatable bonds is 3. The molecule has 13 heavy (non-hydrogen) atoms.